The second-order valence-electron chi connectivity index (χ2n) is 6.28. The number of carbonyl (C=O) groups excluding carboxylic acids is 2. The van der Waals surface area contributed by atoms with Crippen molar-refractivity contribution in [3.05, 3.63) is 58.1 Å². The van der Waals surface area contributed by atoms with E-state index < -0.39 is 23.7 Å². The van der Waals surface area contributed by atoms with Crippen molar-refractivity contribution >= 4 is 23.4 Å². The summed E-state index contributed by atoms with van der Waals surface area (Å²) in [5.41, 5.74) is -0.529. The maximum atomic E-state index is 14.1. The van der Waals surface area contributed by atoms with E-state index in [2.05, 4.69) is 10.3 Å². The van der Waals surface area contributed by atoms with E-state index >= 15 is 0 Å². The van der Waals surface area contributed by atoms with E-state index in [4.69, 9.17) is 11.6 Å². The minimum atomic E-state index is -2.92. The number of alkyl halides is 2. The standard InChI is InChI=1S/C18H17ClF3N3O2/c19-13-8-12(14(20)9-11(13)16(21)22)18(27)25-6-3-10(4-7-25)24-17(26)15-2-1-5-23-15/h1-2,5,8-10,16,23H,3-4,6-7H2,(H,24,26). The van der Waals surface area contributed by atoms with E-state index in [9.17, 15) is 22.8 Å². The minimum Gasteiger partial charge on any atom is -0.357 e. The van der Waals surface area contributed by atoms with Gasteiger partial charge in [-0.1, -0.05) is 11.6 Å². The summed E-state index contributed by atoms with van der Waals surface area (Å²) >= 11 is 5.74. The van der Waals surface area contributed by atoms with Gasteiger partial charge in [-0.2, -0.15) is 0 Å². The van der Waals surface area contributed by atoms with Crippen LogP contribution >= 0.6 is 11.6 Å². The van der Waals surface area contributed by atoms with E-state index in [0.29, 0.717) is 37.7 Å². The summed E-state index contributed by atoms with van der Waals surface area (Å²) in [7, 11) is 0. The largest absolute Gasteiger partial charge is 0.357 e. The molecule has 9 heteroatoms. The molecule has 0 aliphatic carbocycles. The molecule has 0 spiro atoms. The quantitative estimate of drug-likeness (QED) is 0.821. The highest BCUT2D eigenvalue weighted by atomic mass is 35.5. The molecule has 1 saturated heterocycles. The number of rotatable bonds is 4. The van der Waals surface area contributed by atoms with Crippen molar-refractivity contribution in [3.8, 4) is 0 Å². The molecular formula is C18H17ClF3N3O2. The molecule has 1 aliphatic heterocycles. The monoisotopic (exact) mass is 399 g/mol. The third-order valence-corrected chi connectivity index (χ3v) is 4.84. The van der Waals surface area contributed by atoms with Gasteiger partial charge in [-0.3, -0.25) is 9.59 Å². The molecule has 2 N–H and O–H groups in total. The second kappa shape index (κ2) is 8.04. The zero-order valence-corrected chi connectivity index (χ0v) is 14.9. The number of H-pyrrole nitrogens is 1. The lowest BCUT2D eigenvalue weighted by atomic mass is 10.0. The van der Waals surface area contributed by atoms with Gasteiger partial charge in [-0.05, 0) is 37.1 Å². The molecule has 1 aromatic carbocycles. The number of aromatic amines is 1. The SMILES string of the molecule is O=C(NC1CCN(C(=O)c2cc(Cl)c(C(F)F)cc2F)CC1)c1ccc[nH]1. The molecule has 0 bridgehead atoms. The number of piperidine rings is 1. The van der Waals surface area contributed by atoms with E-state index in [1.807, 2.05) is 0 Å². The first kappa shape index (κ1) is 19.3. The predicted molar refractivity (Wildman–Crippen MR) is 93.6 cm³/mol. The number of benzene rings is 1. The summed E-state index contributed by atoms with van der Waals surface area (Å²) in [4.78, 5) is 28.8. The Morgan fingerprint density at radius 2 is 1.96 bits per heavy atom. The fourth-order valence-electron chi connectivity index (χ4n) is 3.03. The van der Waals surface area contributed by atoms with Crippen LogP contribution in [0.25, 0.3) is 0 Å². The average Bonchev–Trinajstić information content (AvgIpc) is 3.18. The molecule has 0 radical (unpaired) electrons. The third kappa shape index (κ3) is 4.27. The lowest BCUT2D eigenvalue weighted by molar-refractivity contribution is 0.0692. The number of nitrogens with zero attached hydrogens (tertiary/aromatic N) is 1. The Morgan fingerprint density at radius 1 is 1.26 bits per heavy atom. The molecule has 2 amide bonds. The Labute approximate surface area is 158 Å². The van der Waals surface area contributed by atoms with Crippen molar-refractivity contribution in [1.29, 1.82) is 0 Å². The molecule has 0 atom stereocenters. The highest BCUT2D eigenvalue weighted by molar-refractivity contribution is 6.31. The number of nitrogens with one attached hydrogen (secondary N) is 2. The third-order valence-electron chi connectivity index (χ3n) is 4.51. The highest BCUT2D eigenvalue weighted by Crippen LogP contribution is 2.30. The van der Waals surface area contributed by atoms with Crippen LogP contribution in [-0.2, 0) is 0 Å². The molecular weight excluding hydrogens is 383 g/mol. The number of likely N-dealkylation sites (tertiary alicyclic amines) is 1. The number of hydrogen-bond donors (Lipinski definition) is 2. The van der Waals surface area contributed by atoms with Gasteiger partial charge < -0.3 is 15.2 Å². The molecule has 3 rings (SSSR count). The first-order valence-electron chi connectivity index (χ1n) is 8.37. The first-order chi connectivity index (χ1) is 12.9. The lowest BCUT2D eigenvalue weighted by Gasteiger charge is -2.32. The molecule has 1 aliphatic rings. The number of carbonyl (C=O) groups is 2. The molecule has 1 aromatic heterocycles. The number of halogens is 4. The van der Waals surface area contributed by atoms with Crippen LogP contribution < -0.4 is 5.32 Å². The Balaban J connectivity index is 1.62. The topological polar surface area (TPSA) is 65.2 Å². The van der Waals surface area contributed by atoms with E-state index in [1.165, 1.54) is 4.90 Å². The number of hydrogen-bond acceptors (Lipinski definition) is 2. The lowest BCUT2D eigenvalue weighted by Crippen LogP contribution is -2.46. The summed E-state index contributed by atoms with van der Waals surface area (Å²) in [5.74, 6) is -1.86. The Bertz CT molecular complexity index is 835. The van der Waals surface area contributed by atoms with Gasteiger partial charge in [0.15, 0.2) is 0 Å². The summed E-state index contributed by atoms with van der Waals surface area (Å²) in [6.07, 6.45) is -0.268. The number of amides is 2. The smallest absolute Gasteiger partial charge is 0.267 e. The van der Waals surface area contributed by atoms with Gasteiger partial charge in [-0.15, -0.1) is 0 Å². The van der Waals surface area contributed by atoms with E-state index in [0.717, 1.165) is 6.07 Å². The molecule has 1 fully saturated rings. The predicted octanol–water partition coefficient (Wildman–Crippen LogP) is 3.78. The zero-order chi connectivity index (χ0) is 19.6. The van der Waals surface area contributed by atoms with Gasteiger partial charge in [0.05, 0.1) is 10.6 Å². The molecule has 0 saturated carbocycles. The Morgan fingerprint density at radius 3 is 2.56 bits per heavy atom. The van der Waals surface area contributed by atoms with Crippen LogP contribution in [0, 0.1) is 5.82 Å². The van der Waals surface area contributed by atoms with Crippen LogP contribution in [0.3, 0.4) is 0 Å². The van der Waals surface area contributed by atoms with Crippen molar-refractivity contribution in [2.75, 3.05) is 13.1 Å². The van der Waals surface area contributed by atoms with E-state index in [1.54, 1.807) is 18.3 Å². The van der Waals surface area contributed by atoms with Crippen molar-refractivity contribution in [2.24, 2.45) is 0 Å². The Kier molecular flexibility index (Phi) is 5.74. The molecule has 2 aromatic rings. The second-order valence-corrected chi connectivity index (χ2v) is 6.69. The minimum absolute atomic E-state index is 0.112. The number of aromatic nitrogens is 1. The summed E-state index contributed by atoms with van der Waals surface area (Å²) in [5, 5.41) is 2.53. The van der Waals surface area contributed by atoms with Crippen LogP contribution in [0.2, 0.25) is 5.02 Å². The van der Waals surface area contributed by atoms with Crippen molar-refractivity contribution in [3.63, 3.8) is 0 Å². The van der Waals surface area contributed by atoms with Gasteiger partial charge in [-0.25, -0.2) is 13.2 Å². The van der Waals surface area contributed by atoms with Crippen LogP contribution in [0.5, 0.6) is 0 Å². The fraction of sp³-hybridized carbons (Fsp3) is 0.333. The van der Waals surface area contributed by atoms with Crippen LogP contribution in [0.4, 0.5) is 13.2 Å². The van der Waals surface area contributed by atoms with E-state index in [-0.39, 0.29) is 22.5 Å². The zero-order valence-electron chi connectivity index (χ0n) is 14.1. The first-order valence-corrected chi connectivity index (χ1v) is 8.75. The maximum Gasteiger partial charge on any atom is 0.267 e. The van der Waals surface area contributed by atoms with Gasteiger partial charge in [0, 0.05) is 30.9 Å². The van der Waals surface area contributed by atoms with Gasteiger partial charge in [0.1, 0.15) is 11.5 Å². The molecule has 144 valence electrons. The van der Waals surface area contributed by atoms with Crippen molar-refractivity contribution in [2.45, 2.75) is 25.3 Å². The molecule has 2 heterocycles. The molecule has 27 heavy (non-hydrogen) atoms. The summed E-state index contributed by atoms with van der Waals surface area (Å²) in [6.45, 7) is 0.615. The van der Waals surface area contributed by atoms with Gasteiger partial charge >= 0.3 is 0 Å². The average molecular weight is 400 g/mol. The molecule has 0 unspecified atom stereocenters. The highest BCUT2D eigenvalue weighted by Gasteiger charge is 2.28. The van der Waals surface area contributed by atoms with Crippen LogP contribution in [0.15, 0.2) is 30.5 Å². The molecule has 5 nitrogen and oxygen atoms in total. The van der Waals surface area contributed by atoms with Crippen LogP contribution in [0.1, 0.15) is 45.7 Å². The fourth-order valence-corrected chi connectivity index (χ4v) is 3.27. The Hall–Kier alpha value is -2.48. The maximum absolute atomic E-state index is 14.1. The van der Waals surface area contributed by atoms with Gasteiger partial charge in [0.25, 0.3) is 18.2 Å². The van der Waals surface area contributed by atoms with Gasteiger partial charge in [0.2, 0.25) is 0 Å². The summed E-state index contributed by atoms with van der Waals surface area (Å²) < 4.78 is 39.6. The normalized spacial score (nSPS) is 15.2. The summed E-state index contributed by atoms with van der Waals surface area (Å²) in [6, 6.07) is 4.81. The van der Waals surface area contributed by atoms with Crippen molar-refractivity contribution in [1.82, 2.24) is 15.2 Å². The van der Waals surface area contributed by atoms with Crippen LogP contribution in [-0.4, -0.2) is 40.8 Å². The van der Waals surface area contributed by atoms with Crippen molar-refractivity contribution < 1.29 is 22.8 Å².